The number of carbonyl (C=O) groups is 1. The molecule has 1 unspecified atom stereocenters. The Bertz CT molecular complexity index is 554. The Hall–Kier alpha value is -2.13. The van der Waals surface area contributed by atoms with E-state index >= 15 is 0 Å². The molecule has 0 aliphatic heterocycles. The quantitative estimate of drug-likeness (QED) is 0.746. The van der Waals surface area contributed by atoms with Gasteiger partial charge < -0.3 is 10.4 Å². The molecule has 0 aliphatic carbocycles. The Balaban J connectivity index is 1.90. The maximum atomic E-state index is 10.7. The van der Waals surface area contributed by atoms with E-state index in [1.807, 2.05) is 24.3 Å². The fourth-order valence-corrected chi connectivity index (χ4v) is 2.54. The second kappa shape index (κ2) is 9.00. The van der Waals surface area contributed by atoms with Crippen LogP contribution in [0.15, 0.2) is 60.7 Å². The average Bonchev–Trinajstić information content (AvgIpc) is 2.54. The van der Waals surface area contributed by atoms with Gasteiger partial charge in [-0.25, -0.2) is 0 Å². The van der Waals surface area contributed by atoms with Crippen LogP contribution >= 0.6 is 0 Å². The van der Waals surface area contributed by atoms with E-state index in [-0.39, 0.29) is 6.42 Å². The molecule has 0 aliphatic rings. The first kappa shape index (κ1) is 16.2. The molecule has 2 aromatic carbocycles. The molecule has 0 heterocycles. The Morgan fingerprint density at radius 3 is 2.14 bits per heavy atom. The van der Waals surface area contributed by atoms with Crippen LogP contribution in [0, 0.1) is 0 Å². The number of benzene rings is 2. The molecule has 1 atom stereocenters. The van der Waals surface area contributed by atoms with Crippen molar-refractivity contribution < 1.29 is 9.90 Å². The van der Waals surface area contributed by atoms with Crippen molar-refractivity contribution in [1.29, 1.82) is 0 Å². The normalized spacial score (nSPS) is 12.0. The molecule has 0 aromatic heterocycles. The lowest BCUT2D eigenvalue weighted by atomic mass is 9.99. The summed E-state index contributed by atoms with van der Waals surface area (Å²) in [4.78, 5) is 10.7. The molecule has 0 saturated heterocycles. The predicted molar refractivity (Wildman–Crippen MR) is 89.0 cm³/mol. The fourth-order valence-electron chi connectivity index (χ4n) is 2.54. The maximum absolute atomic E-state index is 10.7. The molecule has 22 heavy (non-hydrogen) atoms. The van der Waals surface area contributed by atoms with Crippen molar-refractivity contribution in [2.45, 2.75) is 31.7 Å². The zero-order chi connectivity index (χ0) is 15.6. The minimum atomic E-state index is -0.756. The number of hydrogen-bond acceptors (Lipinski definition) is 2. The van der Waals surface area contributed by atoms with Crippen LogP contribution in [-0.4, -0.2) is 23.7 Å². The lowest BCUT2D eigenvalue weighted by Crippen LogP contribution is -2.33. The zero-order valence-corrected chi connectivity index (χ0v) is 12.7. The number of carboxylic acid groups (broad SMARTS) is 1. The van der Waals surface area contributed by atoms with Crippen molar-refractivity contribution in [3.63, 3.8) is 0 Å². The summed E-state index contributed by atoms with van der Waals surface area (Å²) in [5.41, 5.74) is 2.60. The van der Waals surface area contributed by atoms with Crippen molar-refractivity contribution in [2.24, 2.45) is 0 Å². The molecule has 0 saturated carbocycles. The lowest BCUT2D eigenvalue weighted by molar-refractivity contribution is -0.136. The van der Waals surface area contributed by atoms with Crippen molar-refractivity contribution in [2.75, 3.05) is 6.54 Å². The Kier molecular flexibility index (Phi) is 6.65. The van der Waals surface area contributed by atoms with Gasteiger partial charge in [-0.05, 0) is 30.4 Å². The number of hydrogen-bond donors (Lipinski definition) is 2. The molecule has 0 amide bonds. The van der Waals surface area contributed by atoms with E-state index in [0.29, 0.717) is 12.6 Å². The number of aryl methyl sites for hydroxylation is 1. The predicted octanol–water partition coefficient (Wildman–Crippen LogP) is 3.29. The minimum Gasteiger partial charge on any atom is -0.481 e. The van der Waals surface area contributed by atoms with Gasteiger partial charge in [0.05, 0.1) is 6.42 Å². The maximum Gasteiger partial charge on any atom is 0.304 e. The first-order valence-electron chi connectivity index (χ1n) is 7.77. The van der Waals surface area contributed by atoms with Crippen LogP contribution in [0.2, 0.25) is 0 Å². The molecule has 2 N–H and O–H groups in total. The van der Waals surface area contributed by atoms with Gasteiger partial charge in [0, 0.05) is 12.6 Å². The van der Waals surface area contributed by atoms with Gasteiger partial charge in [0.2, 0.25) is 0 Å². The number of rotatable bonds is 9. The topological polar surface area (TPSA) is 49.3 Å². The van der Waals surface area contributed by atoms with E-state index in [1.54, 1.807) is 0 Å². The molecule has 0 spiro atoms. The lowest BCUT2D eigenvalue weighted by Gasteiger charge is -2.18. The van der Waals surface area contributed by atoms with E-state index in [0.717, 1.165) is 19.3 Å². The highest BCUT2D eigenvalue weighted by atomic mass is 16.4. The van der Waals surface area contributed by atoms with Crippen LogP contribution in [0.1, 0.15) is 24.0 Å². The van der Waals surface area contributed by atoms with Gasteiger partial charge in [-0.2, -0.15) is 0 Å². The monoisotopic (exact) mass is 297 g/mol. The number of aliphatic carboxylic acids is 1. The zero-order valence-electron chi connectivity index (χ0n) is 12.7. The van der Waals surface area contributed by atoms with Crippen LogP contribution in [-0.2, 0) is 17.6 Å². The van der Waals surface area contributed by atoms with Gasteiger partial charge >= 0.3 is 5.97 Å². The van der Waals surface area contributed by atoms with Crippen molar-refractivity contribution in [3.05, 3.63) is 71.8 Å². The number of carboxylic acids is 1. The second-order valence-electron chi connectivity index (χ2n) is 5.51. The first-order chi connectivity index (χ1) is 10.7. The second-order valence-corrected chi connectivity index (χ2v) is 5.51. The molecule has 0 fully saturated rings. The summed E-state index contributed by atoms with van der Waals surface area (Å²) >= 11 is 0. The smallest absolute Gasteiger partial charge is 0.304 e. The molecular formula is C19H23NO2. The van der Waals surface area contributed by atoms with Crippen LogP contribution in [0.5, 0.6) is 0 Å². The van der Waals surface area contributed by atoms with Crippen LogP contribution < -0.4 is 5.32 Å². The van der Waals surface area contributed by atoms with Gasteiger partial charge in [0.25, 0.3) is 0 Å². The van der Waals surface area contributed by atoms with E-state index in [4.69, 9.17) is 5.11 Å². The van der Waals surface area contributed by atoms with Crippen molar-refractivity contribution in [3.8, 4) is 0 Å². The van der Waals surface area contributed by atoms with Gasteiger partial charge in [-0.3, -0.25) is 4.79 Å². The van der Waals surface area contributed by atoms with E-state index in [2.05, 4.69) is 41.7 Å². The summed E-state index contributed by atoms with van der Waals surface area (Å²) in [7, 11) is 0. The molecule has 3 nitrogen and oxygen atoms in total. The van der Waals surface area contributed by atoms with Crippen LogP contribution in [0.4, 0.5) is 0 Å². The van der Waals surface area contributed by atoms with E-state index in [1.165, 1.54) is 11.1 Å². The third-order valence-electron chi connectivity index (χ3n) is 3.72. The fraction of sp³-hybridized carbons (Fsp3) is 0.316. The standard InChI is InChI=1S/C19H23NO2/c21-19(22)13-14-20-18(15-17-9-5-2-6-10-17)12-11-16-7-3-1-4-8-16/h1-10,18,20H,11-15H2,(H,21,22). The molecule has 2 rings (SSSR count). The first-order valence-corrected chi connectivity index (χ1v) is 7.77. The summed E-state index contributed by atoms with van der Waals surface area (Å²) in [6, 6.07) is 21.0. The third kappa shape index (κ3) is 6.10. The molecule has 3 heteroatoms. The van der Waals surface area contributed by atoms with Gasteiger partial charge in [-0.1, -0.05) is 60.7 Å². The summed E-state index contributed by atoms with van der Waals surface area (Å²) in [6.07, 6.45) is 3.08. The van der Waals surface area contributed by atoms with Gasteiger partial charge in [0.1, 0.15) is 0 Å². The highest BCUT2D eigenvalue weighted by Crippen LogP contribution is 2.10. The number of nitrogens with one attached hydrogen (secondary N) is 1. The van der Waals surface area contributed by atoms with Crippen LogP contribution in [0.25, 0.3) is 0 Å². The molecule has 0 radical (unpaired) electrons. The Morgan fingerprint density at radius 1 is 0.955 bits per heavy atom. The minimum absolute atomic E-state index is 0.163. The molecule has 116 valence electrons. The largest absolute Gasteiger partial charge is 0.481 e. The summed E-state index contributed by atoms with van der Waals surface area (Å²) in [5.74, 6) is -0.756. The average molecular weight is 297 g/mol. The summed E-state index contributed by atoms with van der Waals surface area (Å²) in [5, 5.41) is 12.2. The summed E-state index contributed by atoms with van der Waals surface area (Å²) < 4.78 is 0. The SMILES string of the molecule is O=C(O)CCNC(CCc1ccccc1)Cc1ccccc1. The van der Waals surface area contributed by atoms with E-state index < -0.39 is 5.97 Å². The van der Waals surface area contributed by atoms with E-state index in [9.17, 15) is 4.79 Å². The van der Waals surface area contributed by atoms with Crippen molar-refractivity contribution >= 4 is 5.97 Å². The highest BCUT2D eigenvalue weighted by Gasteiger charge is 2.10. The van der Waals surface area contributed by atoms with Crippen LogP contribution in [0.3, 0.4) is 0 Å². The molecule has 2 aromatic rings. The summed E-state index contributed by atoms with van der Waals surface area (Å²) in [6.45, 7) is 0.515. The van der Waals surface area contributed by atoms with Gasteiger partial charge in [0.15, 0.2) is 0 Å². The third-order valence-corrected chi connectivity index (χ3v) is 3.72. The Labute approximate surface area is 132 Å². The van der Waals surface area contributed by atoms with Gasteiger partial charge in [-0.15, -0.1) is 0 Å². The van der Waals surface area contributed by atoms with Crippen molar-refractivity contribution in [1.82, 2.24) is 5.32 Å². The Morgan fingerprint density at radius 2 is 1.55 bits per heavy atom. The molecular weight excluding hydrogens is 274 g/mol. The molecule has 0 bridgehead atoms. The highest BCUT2D eigenvalue weighted by molar-refractivity contribution is 5.66.